The zero-order valence-corrected chi connectivity index (χ0v) is 33.7. The van der Waals surface area contributed by atoms with E-state index in [0.717, 1.165) is 23.5 Å². The summed E-state index contributed by atoms with van der Waals surface area (Å²) < 4.78 is 0. The molecule has 2 aromatic carbocycles. The Kier molecular flexibility index (Phi) is 6.48. The minimum Gasteiger partial charge on any atom is -0.355 e. The molecule has 4 nitrogen and oxygen atoms in total. The van der Waals surface area contributed by atoms with Crippen LogP contribution in [0.1, 0.15) is 120 Å². The van der Waals surface area contributed by atoms with E-state index in [1.807, 2.05) is 0 Å². The van der Waals surface area contributed by atoms with Gasteiger partial charge >= 0.3 is 0 Å². The number of nitrogens with one attached hydrogen (secondary N) is 2. The fourth-order valence-corrected chi connectivity index (χ4v) is 13.9. The summed E-state index contributed by atoms with van der Waals surface area (Å²) in [6.07, 6.45) is 29.6. The van der Waals surface area contributed by atoms with Crippen LogP contribution >= 0.6 is 0 Å². The van der Waals surface area contributed by atoms with Crippen molar-refractivity contribution in [2.45, 2.75) is 75.0 Å². The molecule has 12 aliphatic carbocycles. The van der Waals surface area contributed by atoms with E-state index in [2.05, 4.69) is 131 Å². The van der Waals surface area contributed by atoms with Crippen LogP contribution in [0.25, 0.3) is 66.6 Å². The number of nitrogens with zero attached hydrogens (tertiary/aromatic N) is 2. The van der Waals surface area contributed by atoms with Crippen LogP contribution in [0.3, 0.4) is 0 Å². The Morgan fingerprint density at radius 1 is 0.367 bits per heavy atom. The quantitative estimate of drug-likeness (QED) is 0.176. The number of fused-ring (bicyclic) bond motifs is 12. The summed E-state index contributed by atoms with van der Waals surface area (Å²) in [5.74, 6) is 3.06. The van der Waals surface area contributed by atoms with Crippen molar-refractivity contribution in [2.24, 2.45) is 23.7 Å². The van der Waals surface area contributed by atoms with E-state index in [0.29, 0.717) is 47.3 Å². The van der Waals surface area contributed by atoms with E-state index in [1.165, 1.54) is 140 Å². The minimum atomic E-state index is 0.333. The second-order valence-electron chi connectivity index (χ2n) is 19.3. The monoisotopic (exact) mass is 774 g/mol. The van der Waals surface area contributed by atoms with Crippen molar-refractivity contribution in [1.29, 1.82) is 0 Å². The zero-order valence-electron chi connectivity index (χ0n) is 33.7. The zero-order chi connectivity index (χ0) is 38.8. The third-order valence-electron chi connectivity index (χ3n) is 16.4. The molecule has 0 saturated heterocycles. The highest BCUT2D eigenvalue weighted by Gasteiger charge is 2.44. The molecule has 0 radical (unpaired) electrons. The van der Waals surface area contributed by atoms with Gasteiger partial charge in [0.1, 0.15) is 0 Å². The van der Waals surface area contributed by atoms with Crippen molar-refractivity contribution in [3.8, 4) is 22.3 Å². The molecule has 0 spiro atoms. The number of aromatic nitrogens is 4. The SMILES string of the molecule is C1=CC2CCC1C1=C2c2nc1cc1[nH]c(cc3[nH]c(c(-c4ccccc4)c4nc(c2-c2ccccc2)C2=C4C4C=CC2CC4)c2c3C3C=CC2CC3)c2c1C1C=CC2CC1. The number of hydrogen-bond acceptors (Lipinski definition) is 2. The second kappa shape index (κ2) is 11.8. The topological polar surface area (TPSA) is 57.4 Å². The van der Waals surface area contributed by atoms with Crippen LogP contribution in [-0.4, -0.2) is 19.9 Å². The molecular formula is C56H46N4. The minimum absolute atomic E-state index is 0.333. The van der Waals surface area contributed by atoms with Gasteiger partial charge in [0.15, 0.2) is 0 Å². The molecule has 8 unspecified atom stereocenters. The van der Waals surface area contributed by atoms with Gasteiger partial charge in [-0.1, -0.05) is 109 Å². The van der Waals surface area contributed by atoms with Crippen molar-refractivity contribution in [3.63, 3.8) is 0 Å². The maximum absolute atomic E-state index is 6.12. The predicted molar refractivity (Wildman–Crippen MR) is 244 cm³/mol. The highest BCUT2D eigenvalue weighted by molar-refractivity contribution is 6.09. The van der Waals surface area contributed by atoms with Crippen molar-refractivity contribution in [2.75, 3.05) is 0 Å². The first-order valence-corrected chi connectivity index (χ1v) is 22.9. The van der Waals surface area contributed by atoms with Gasteiger partial charge in [-0.15, -0.1) is 0 Å². The van der Waals surface area contributed by atoms with Gasteiger partial charge in [0.2, 0.25) is 0 Å². The standard InChI is InChI=1S/C56H46N4/c1-3-7-29(8-4-1)51-53-47-35-19-15-33(16-20-35)45(47)41(58-53)27-39-43-31-11-13-32(14-12-31)44(43)40(57-39)28-42-46-34-17-21-36(22-18-34)48(46)54(59-42)52(30-9-5-2-6-10-30)56-50-38-25-23-37(24-26-38)49(50)55(51)60-56/h1-11,13,15,17,19,21,23,25,27-28,31-38,57-58H,12,14,16,18,20,22,24,26H2. The molecule has 0 fully saturated rings. The van der Waals surface area contributed by atoms with Crippen LogP contribution in [0.2, 0.25) is 0 Å². The van der Waals surface area contributed by atoms with Crippen molar-refractivity contribution in [1.82, 2.24) is 19.9 Å². The molecule has 2 aliphatic heterocycles. The van der Waals surface area contributed by atoms with Gasteiger partial charge in [-0.25, -0.2) is 9.97 Å². The van der Waals surface area contributed by atoms with Gasteiger partial charge in [0.05, 0.1) is 28.3 Å². The predicted octanol–water partition coefficient (Wildman–Crippen LogP) is 13.7. The van der Waals surface area contributed by atoms with E-state index >= 15 is 0 Å². The average Bonchev–Trinajstić information content (AvgIpc) is 4.11. The molecule has 14 aliphatic rings. The smallest absolute Gasteiger partial charge is 0.0779 e. The molecular weight excluding hydrogens is 729 g/mol. The molecule has 0 amide bonds. The number of benzene rings is 2. The van der Waals surface area contributed by atoms with Crippen LogP contribution in [0.4, 0.5) is 0 Å². The lowest BCUT2D eigenvalue weighted by Gasteiger charge is -2.34. The summed E-state index contributed by atoms with van der Waals surface area (Å²) in [5.41, 5.74) is 26.5. The van der Waals surface area contributed by atoms with Crippen molar-refractivity contribution in [3.05, 3.63) is 166 Å². The average molecular weight is 775 g/mol. The van der Waals surface area contributed by atoms with Crippen molar-refractivity contribution < 1.29 is 0 Å². The first kappa shape index (κ1) is 32.8. The largest absolute Gasteiger partial charge is 0.355 e. The van der Waals surface area contributed by atoms with Gasteiger partial charge < -0.3 is 9.97 Å². The van der Waals surface area contributed by atoms with Gasteiger partial charge in [-0.2, -0.15) is 0 Å². The first-order chi connectivity index (χ1) is 29.7. The van der Waals surface area contributed by atoms with Crippen molar-refractivity contribution >= 4 is 44.4 Å². The van der Waals surface area contributed by atoms with Gasteiger partial charge in [-0.3, -0.25) is 0 Å². The Labute approximate surface area is 350 Å². The van der Waals surface area contributed by atoms with E-state index in [-0.39, 0.29) is 0 Å². The van der Waals surface area contributed by atoms with E-state index < -0.39 is 0 Å². The Morgan fingerprint density at radius 2 is 0.767 bits per heavy atom. The Bertz CT molecular complexity index is 3140. The fraction of sp³-hybridized carbons (Fsp3) is 0.286. The number of allylic oxidation sites excluding steroid dienone is 12. The van der Waals surface area contributed by atoms with Crippen LogP contribution in [0, 0.1) is 23.7 Å². The van der Waals surface area contributed by atoms with E-state index in [1.54, 1.807) is 0 Å². The summed E-state index contributed by atoms with van der Waals surface area (Å²) in [4.78, 5) is 20.5. The highest BCUT2D eigenvalue weighted by Crippen LogP contribution is 2.59. The molecule has 290 valence electrons. The maximum atomic E-state index is 6.12. The lowest BCUT2D eigenvalue weighted by Crippen LogP contribution is -2.20. The summed E-state index contributed by atoms with van der Waals surface area (Å²) >= 11 is 0. The number of H-pyrrole nitrogens is 2. The lowest BCUT2D eigenvalue weighted by molar-refractivity contribution is 0.557. The summed E-state index contributed by atoms with van der Waals surface area (Å²) in [6.45, 7) is 0. The van der Waals surface area contributed by atoms with Crippen LogP contribution < -0.4 is 0 Å². The summed E-state index contributed by atoms with van der Waals surface area (Å²) in [5, 5.41) is 0. The third kappa shape index (κ3) is 4.27. The molecule has 0 saturated carbocycles. The molecule has 5 aromatic rings. The van der Waals surface area contributed by atoms with E-state index in [9.17, 15) is 0 Å². The normalized spacial score (nSPS) is 29.1. The Morgan fingerprint density at radius 3 is 1.32 bits per heavy atom. The first-order valence-electron chi connectivity index (χ1n) is 22.9. The number of aromatic amines is 2. The van der Waals surface area contributed by atoms with Gasteiger partial charge in [0.25, 0.3) is 0 Å². The number of hydrogen-bond donors (Lipinski definition) is 2. The second-order valence-corrected chi connectivity index (χ2v) is 19.3. The van der Waals surface area contributed by atoms with Gasteiger partial charge in [0, 0.05) is 75.0 Å². The Hall–Kier alpha value is -6.00. The molecule has 2 N–H and O–H groups in total. The highest BCUT2D eigenvalue weighted by atomic mass is 14.8. The molecule has 3 aromatic heterocycles. The Balaban J connectivity index is 1.19. The molecule has 5 heterocycles. The maximum Gasteiger partial charge on any atom is 0.0779 e. The van der Waals surface area contributed by atoms with Crippen LogP contribution in [0.5, 0.6) is 0 Å². The molecule has 60 heavy (non-hydrogen) atoms. The molecule has 8 atom stereocenters. The molecule has 4 heteroatoms. The van der Waals surface area contributed by atoms with Gasteiger partial charge in [-0.05, 0) is 119 Å². The van der Waals surface area contributed by atoms with Crippen LogP contribution in [-0.2, 0) is 0 Å². The third-order valence-corrected chi connectivity index (χ3v) is 16.4. The molecule has 16 bridgehead atoms. The fourth-order valence-electron chi connectivity index (χ4n) is 13.9. The number of rotatable bonds is 2. The summed E-state index contributed by atoms with van der Waals surface area (Å²) in [6, 6.07) is 27.5. The van der Waals surface area contributed by atoms with Crippen LogP contribution in [0.15, 0.2) is 121 Å². The summed E-state index contributed by atoms with van der Waals surface area (Å²) in [7, 11) is 0. The molecule has 19 rings (SSSR count). The lowest BCUT2D eigenvalue weighted by atomic mass is 9.68. The van der Waals surface area contributed by atoms with E-state index in [4.69, 9.17) is 9.97 Å².